The Morgan fingerprint density at radius 1 is 1.47 bits per heavy atom. The molecule has 1 aromatic rings. The van der Waals surface area contributed by atoms with Gasteiger partial charge in [-0.1, -0.05) is 11.6 Å². The topological polar surface area (TPSA) is 85.6 Å². The van der Waals surface area contributed by atoms with Gasteiger partial charge in [0.15, 0.2) is 0 Å². The molecule has 0 aliphatic rings. The van der Waals surface area contributed by atoms with Crippen molar-refractivity contribution in [1.29, 1.82) is 0 Å². The van der Waals surface area contributed by atoms with Crippen LogP contribution in [-0.2, 0) is 9.47 Å². The summed E-state index contributed by atoms with van der Waals surface area (Å²) in [6.07, 6.45) is -0.206. The van der Waals surface area contributed by atoms with Gasteiger partial charge in [0.2, 0.25) is 0 Å². The smallest absolute Gasteiger partial charge is 0.253 e. The number of hydrogen-bond donors (Lipinski definition) is 3. The average Bonchev–Trinajstić information content (AvgIpc) is 2.43. The van der Waals surface area contributed by atoms with E-state index in [1.807, 2.05) is 0 Å². The van der Waals surface area contributed by atoms with Crippen molar-refractivity contribution in [2.75, 3.05) is 32.8 Å². The Labute approximate surface area is 117 Å². The molecule has 1 rings (SSSR count). The van der Waals surface area contributed by atoms with Crippen LogP contribution in [0.25, 0.3) is 0 Å². The fourth-order valence-electron chi connectivity index (χ4n) is 1.53. The second-order valence-corrected chi connectivity index (χ2v) is 4.29. The van der Waals surface area contributed by atoms with E-state index in [4.69, 9.17) is 26.9 Å². The minimum absolute atomic E-state index is 0.206. The van der Waals surface area contributed by atoms with Gasteiger partial charge in [-0.05, 0) is 18.2 Å². The number of rotatable bonds is 7. The highest BCUT2D eigenvalue weighted by Gasteiger charge is 2.14. The Bertz CT molecular complexity index is 429. The third-order valence-corrected chi connectivity index (χ3v) is 2.79. The first-order valence-electron chi connectivity index (χ1n) is 5.68. The molecule has 1 unspecified atom stereocenters. The van der Waals surface area contributed by atoms with E-state index >= 15 is 0 Å². The number of anilines is 1. The van der Waals surface area contributed by atoms with Crippen molar-refractivity contribution in [1.82, 2.24) is 5.32 Å². The largest absolute Gasteiger partial charge is 0.382 e. The van der Waals surface area contributed by atoms with Crippen LogP contribution in [0.3, 0.4) is 0 Å². The Hall–Kier alpha value is -1.34. The van der Waals surface area contributed by atoms with E-state index in [0.29, 0.717) is 29.4 Å². The monoisotopic (exact) mass is 287 g/mol. The predicted molar refractivity (Wildman–Crippen MR) is 74.3 cm³/mol. The Morgan fingerprint density at radius 2 is 2.21 bits per heavy atom. The highest BCUT2D eigenvalue weighted by molar-refractivity contribution is 6.31. The Kier molecular flexibility index (Phi) is 6.58. The summed E-state index contributed by atoms with van der Waals surface area (Å²) in [5.41, 5.74) is 3.33. The van der Waals surface area contributed by atoms with Gasteiger partial charge in [0.25, 0.3) is 5.91 Å². The molecule has 0 heterocycles. The molecule has 0 fully saturated rings. The van der Waals surface area contributed by atoms with Crippen molar-refractivity contribution in [2.45, 2.75) is 6.10 Å². The first-order chi connectivity index (χ1) is 9.12. The maximum absolute atomic E-state index is 12.0. The summed E-state index contributed by atoms with van der Waals surface area (Å²) in [4.78, 5) is 12.0. The fraction of sp³-hybridized carbons (Fsp3) is 0.417. The van der Waals surface area contributed by atoms with Crippen LogP contribution in [0.4, 0.5) is 5.69 Å². The van der Waals surface area contributed by atoms with E-state index in [9.17, 15) is 4.79 Å². The second-order valence-electron chi connectivity index (χ2n) is 3.86. The van der Waals surface area contributed by atoms with E-state index < -0.39 is 0 Å². The third-order valence-electron chi connectivity index (χ3n) is 2.56. The second kappa shape index (κ2) is 7.96. The van der Waals surface area contributed by atoms with Crippen molar-refractivity contribution in [3.8, 4) is 0 Å². The minimum Gasteiger partial charge on any atom is -0.382 e. The average molecular weight is 288 g/mol. The number of carbonyl (C=O) groups excluding carboxylic acids is 1. The molecule has 7 heteroatoms. The number of halogens is 1. The number of carbonyl (C=O) groups is 1. The molecule has 1 aromatic carbocycles. The molecule has 1 amide bonds. The number of nitrogens with two attached hydrogens (primary N) is 1. The number of hydrogen-bond acceptors (Lipinski definition) is 5. The quantitative estimate of drug-likeness (QED) is 0.515. The normalized spacial score (nSPS) is 12.0. The SMILES string of the molecule is COCC(CNC(=O)c1cc(Cl)ccc1NN)OC. The van der Waals surface area contributed by atoms with Crippen LogP contribution in [0.15, 0.2) is 18.2 Å². The van der Waals surface area contributed by atoms with Crippen LogP contribution in [0.2, 0.25) is 5.02 Å². The fourth-order valence-corrected chi connectivity index (χ4v) is 1.70. The number of benzene rings is 1. The van der Waals surface area contributed by atoms with Gasteiger partial charge >= 0.3 is 0 Å². The summed E-state index contributed by atoms with van der Waals surface area (Å²) in [5, 5.41) is 3.20. The molecule has 0 aliphatic heterocycles. The van der Waals surface area contributed by atoms with Crippen molar-refractivity contribution < 1.29 is 14.3 Å². The third kappa shape index (κ3) is 4.68. The van der Waals surface area contributed by atoms with Crippen molar-refractivity contribution >= 4 is 23.2 Å². The summed E-state index contributed by atoms with van der Waals surface area (Å²) in [7, 11) is 3.13. The van der Waals surface area contributed by atoms with Gasteiger partial charge in [0.05, 0.1) is 24.0 Å². The van der Waals surface area contributed by atoms with E-state index in [0.717, 1.165) is 0 Å². The molecule has 0 spiro atoms. The molecule has 0 aliphatic carbocycles. The summed E-state index contributed by atoms with van der Waals surface area (Å²) in [6.45, 7) is 0.730. The van der Waals surface area contributed by atoms with Gasteiger partial charge in [-0.25, -0.2) is 0 Å². The molecule has 0 saturated heterocycles. The maximum atomic E-state index is 12.0. The number of methoxy groups -OCH3 is 2. The molecule has 0 aromatic heterocycles. The highest BCUT2D eigenvalue weighted by Crippen LogP contribution is 2.19. The summed E-state index contributed by atoms with van der Waals surface area (Å²) < 4.78 is 10.1. The molecular formula is C12H18ClN3O3. The lowest BCUT2D eigenvalue weighted by molar-refractivity contribution is 0.0285. The Balaban J connectivity index is 2.69. The molecule has 4 N–H and O–H groups in total. The molecule has 0 saturated carbocycles. The zero-order valence-electron chi connectivity index (χ0n) is 10.9. The maximum Gasteiger partial charge on any atom is 0.253 e. The first kappa shape index (κ1) is 15.7. The van der Waals surface area contributed by atoms with Crippen molar-refractivity contribution in [3.05, 3.63) is 28.8 Å². The van der Waals surface area contributed by atoms with Crippen LogP contribution in [0.5, 0.6) is 0 Å². The molecule has 6 nitrogen and oxygen atoms in total. The molecule has 106 valence electrons. The lowest BCUT2D eigenvalue weighted by Crippen LogP contribution is -2.36. The lowest BCUT2D eigenvalue weighted by atomic mass is 10.1. The first-order valence-corrected chi connectivity index (χ1v) is 6.06. The van der Waals surface area contributed by atoms with E-state index in [1.54, 1.807) is 32.4 Å². The predicted octanol–water partition coefficient (Wildman–Crippen LogP) is 1.02. The molecule has 0 radical (unpaired) electrons. The van der Waals surface area contributed by atoms with Crippen LogP contribution >= 0.6 is 11.6 Å². The molecule has 19 heavy (non-hydrogen) atoms. The van der Waals surface area contributed by atoms with Gasteiger partial charge < -0.3 is 20.2 Å². The highest BCUT2D eigenvalue weighted by atomic mass is 35.5. The summed E-state index contributed by atoms with van der Waals surface area (Å²) in [6, 6.07) is 4.83. The van der Waals surface area contributed by atoms with Gasteiger partial charge in [0.1, 0.15) is 0 Å². The molecule has 0 bridgehead atoms. The van der Waals surface area contributed by atoms with Gasteiger partial charge in [-0.15, -0.1) is 0 Å². The Morgan fingerprint density at radius 3 is 2.79 bits per heavy atom. The number of nitrogen functional groups attached to an aromatic ring is 1. The van der Waals surface area contributed by atoms with Gasteiger partial charge in [-0.3, -0.25) is 10.6 Å². The molecule has 1 atom stereocenters. The van der Waals surface area contributed by atoms with Crippen molar-refractivity contribution in [3.63, 3.8) is 0 Å². The van der Waals surface area contributed by atoms with Gasteiger partial charge in [0, 0.05) is 25.8 Å². The number of nitrogens with one attached hydrogen (secondary N) is 2. The number of hydrazine groups is 1. The minimum atomic E-state index is -0.284. The van der Waals surface area contributed by atoms with Crippen LogP contribution < -0.4 is 16.6 Å². The summed E-state index contributed by atoms with van der Waals surface area (Å²) >= 11 is 5.86. The van der Waals surface area contributed by atoms with Crippen LogP contribution in [0, 0.1) is 0 Å². The summed E-state index contributed by atoms with van der Waals surface area (Å²) in [5.74, 6) is 5.07. The van der Waals surface area contributed by atoms with Crippen LogP contribution in [0.1, 0.15) is 10.4 Å². The van der Waals surface area contributed by atoms with E-state index in [1.165, 1.54) is 0 Å². The lowest BCUT2D eigenvalue weighted by Gasteiger charge is -2.16. The van der Waals surface area contributed by atoms with Gasteiger partial charge in [-0.2, -0.15) is 0 Å². The van der Waals surface area contributed by atoms with E-state index in [2.05, 4.69) is 10.7 Å². The molecular weight excluding hydrogens is 270 g/mol. The zero-order chi connectivity index (χ0) is 14.3. The van der Waals surface area contributed by atoms with Crippen molar-refractivity contribution in [2.24, 2.45) is 5.84 Å². The van der Waals surface area contributed by atoms with Crippen LogP contribution in [-0.4, -0.2) is 39.4 Å². The van der Waals surface area contributed by atoms with E-state index in [-0.39, 0.29) is 12.0 Å². The zero-order valence-corrected chi connectivity index (χ0v) is 11.7. The number of ether oxygens (including phenoxy) is 2. The number of amides is 1. The standard InChI is InChI=1S/C12H18ClN3O3/c1-18-7-9(19-2)6-15-12(17)10-5-8(13)3-4-11(10)16-14/h3-5,9,16H,6-7,14H2,1-2H3,(H,15,17).